The molecular weight excluding hydrogens is 406 g/mol. The second kappa shape index (κ2) is 10.9. The lowest BCUT2D eigenvalue weighted by molar-refractivity contribution is 0.578. The Morgan fingerprint density at radius 3 is 2.16 bits per heavy atom. The summed E-state index contributed by atoms with van der Waals surface area (Å²) in [5, 5.41) is 0. The van der Waals surface area contributed by atoms with Gasteiger partial charge in [-0.25, -0.2) is 18.7 Å². The maximum Gasteiger partial charge on any atom is 0.225 e. The number of aliphatic imine (C=N–C) groups is 1. The Hall–Kier alpha value is -3.15. The molecule has 1 unspecified atom stereocenters. The Morgan fingerprint density at radius 2 is 1.56 bits per heavy atom. The lowest BCUT2D eigenvalue weighted by Crippen LogP contribution is -2.20. The van der Waals surface area contributed by atoms with Gasteiger partial charge in [0.1, 0.15) is 11.6 Å². The number of hydrogen-bond acceptors (Lipinski definition) is 4. The van der Waals surface area contributed by atoms with Crippen molar-refractivity contribution in [1.82, 2.24) is 9.97 Å². The van der Waals surface area contributed by atoms with Gasteiger partial charge < -0.3 is 4.90 Å². The molecule has 0 N–H and O–H groups in total. The van der Waals surface area contributed by atoms with Gasteiger partial charge in [-0.15, -0.1) is 0 Å². The lowest BCUT2D eigenvalue weighted by Gasteiger charge is -2.15. The first-order chi connectivity index (χ1) is 15.6. The minimum atomic E-state index is -0.558. The maximum absolute atomic E-state index is 14.1. The number of rotatable bonds is 6. The molecule has 0 radical (unpaired) electrons. The number of halogens is 2. The van der Waals surface area contributed by atoms with Gasteiger partial charge in [0, 0.05) is 37.3 Å². The van der Waals surface area contributed by atoms with Crippen LogP contribution in [0.2, 0.25) is 0 Å². The molecule has 6 heteroatoms. The molecule has 0 amide bonds. The Bertz CT molecular complexity index is 1030. The van der Waals surface area contributed by atoms with Crippen LogP contribution in [0.25, 0.3) is 11.1 Å². The van der Waals surface area contributed by atoms with Crippen LogP contribution in [-0.2, 0) is 0 Å². The fourth-order valence-corrected chi connectivity index (χ4v) is 3.80. The molecule has 1 aliphatic heterocycles. The molecule has 0 spiro atoms. The Morgan fingerprint density at radius 1 is 0.938 bits per heavy atom. The molecule has 32 heavy (non-hydrogen) atoms. The zero-order valence-electron chi connectivity index (χ0n) is 19.1. The number of benzene rings is 2. The van der Waals surface area contributed by atoms with Gasteiger partial charge in [-0.2, -0.15) is 0 Å². The van der Waals surface area contributed by atoms with Gasteiger partial charge >= 0.3 is 0 Å². The van der Waals surface area contributed by atoms with Crippen LogP contribution in [0, 0.1) is 11.6 Å². The van der Waals surface area contributed by atoms with E-state index in [-0.39, 0.29) is 11.6 Å². The van der Waals surface area contributed by atoms with Crippen molar-refractivity contribution in [3.05, 3.63) is 77.6 Å². The first kappa shape index (κ1) is 23.5. The van der Waals surface area contributed by atoms with Crippen molar-refractivity contribution in [1.29, 1.82) is 0 Å². The van der Waals surface area contributed by atoms with Crippen molar-refractivity contribution >= 4 is 11.7 Å². The maximum atomic E-state index is 14.1. The lowest BCUT2D eigenvalue weighted by atomic mass is 10.0. The molecule has 168 valence electrons. The zero-order valence-corrected chi connectivity index (χ0v) is 19.1. The first-order valence-electron chi connectivity index (χ1n) is 11.2. The largest absolute Gasteiger partial charge is 0.344 e. The summed E-state index contributed by atoms with van der Waals surface area (Å²) >= 11 is 0. The van der Waals surface area contributed by atoms with Crippen molar-refractivity contribution in [3.8, 4) is 11.1 Å². The molecule has 1 atom stereocenters. The average molecular weight is 437 g/mol. The van der Waals surface area contributed by atoms with E-state index in [1.165, 1.54) is 18.2 Å². The molecule has 4 rings (SSSR count). The van der Waals surface area contributed by atoms with E-state index in [1.807, 2.05) is 62.5 Å². The molecule has 1 aliphatic rings. The van der Waals surface area contributed by atoms with Crippen LogP contribution in [0.3, 0.4) is 0 Å². The minimum Gasteiger partial charge on any atom is -0.344 e. The Balaban J connectivity index is 0.00000141. The smallest absolute Gasteiger partial charge is 0.225 e. The third kappa shape index (κ3) is 5.18. The molecule has 0 saturated carbocycles. The van der Waals surface area contributed by atoms with Crippen LogP contribution >= 0.6 is 0 Å². The fraction of sp³-hybridized carbons (Fsp3) is 0.346. The Labute approximate surface area is 189 Å². The second-order valence-electron chi connectivity index (χ2n) is 7.54. The summed E-state index contributed by atoms with van der Waals surface area (Å²) in [5.74, 6) is -0.402. The highest BCUT2D eigenvalue weighted by atomic mass is 19.1. The van der Waals surface area contributed by atoms with E-state index in [0.717, 1.165) is 36.1 Å². The first-order valence-corrected chi connectivity index (χ1v) is 11.2. The van der Waals surface area contributed by atoms with Crippen LogP contribution in [0.15, 0.2) is 59.9 Å². The fourth-order valence-electron chi connectivity index (χ4n) is 3.80. The van der Waals surface area contributed by atoms with Gasteiger partial charge in [0.05, 0.1) is 11.6 Å². The summed E-state index contributed by atoms with van der Waals surface area (Å²) < 4.78 is 28.1. The standard InChI is InChI=1S/C24H24F2N4.C2H6/c1-3-13-30(2)24-27-14-18(15-28-24)16-7-9-17(10-8-16)21-11-12-22(29-21)23-19(25)5-4-6-20(23)26;1-2/h4-10,14-15,21H,3,11-13H2,1-2H3;1-2H3. The molecular formula is C26H30F2N4. The summed E-state index contributed by atoms with van der Waals surface area (Å²) in [5.41, 5.74) is 3.50. The van der Waals surface area contributed by atoms with Crippen molar-refractivity contribution in [2.24, 2.45) is 4.99 Å². The molecule has 0 fully saturated rings. The van der Waals surface area contributed by atoms with Gasteiger partial charge in [0.2, 0.25) is 5.95 Å². The van der Waals surface area contributed by atoms with Gasteiger partial charge in [-0.3, -0.25) is 4.99 Å². The monoisotopic (exact) mass is 436 g/mol. The average Bonchev–Trinajstić information content (AvgIpc) is 3.30. The zero-order chi connectivity index (χ0) is 23.1. The van der Waals surface area contributed by atoms with Crippen LogP contribution in [-0.4, -0.2) is 29.3 Å². The van der Waals surface area contributed by atoms with Gasteiger partial charge in [-0.1, -0.05) is 51.1 Å². The van der Waals surface area contributed by atoms with Crippen molar-refractivity contribution in [3.63, 3.8) is 0 Å². The predicted octanol–water partition coefficient (Wildman–Crippen LogP) is 6.62. The van der Waals surface area contributed by atoms with Crippen molar-refractivity contribution in [2.45, 2.75) is 46.1 Å². The van der Waals surface area contributed by atoms with E-state index in [2.05, 4.69) is 21.9 Å². The number of anilines is 1. The van der Waals surface area contributed by atoms with Crippen LogP contribution in [0.1, 0.15) is 57.2 Å². The van der Waals surface area contributed by atoms with E-state index in [0.29, 0.717) is 18.1 Å². The van der Waals surface area contributed by atoms with Crippen molar-refractivity contribution in [2.75, 3.05) is 18.5 Å². The van der Waals surface area contributed by atoms with E-state index in [9.17, 15) is 8.78 Å². The third-order valence-corrected chi connectivity index (χ3v) is 5.39. The quantitative estimate of drug-likeness (QED) is 0.436. The molecule has 4 nitrogen and oxygen atoms in total. The second-order valence-corrected chi connectivity index (χ2v) is 7.54. The highest BCUT2D eigenvalue weighted by Gasteiger charge is 2.24. The van der Waals surface area contributed by atoms with Gasteiger partial charge in [0.15, 0.2) is 0 Å². The van der Waals surface area contributed by atoms with Crippen LogP contribution in [0.4, 0.5) is 14.7 Å². The van der Waals surface area contributed by atoms with E-state index < -0.39 is 11.6 Å². The normalized spacial score (nSPS) is 15.1. The third-order valence-electron chi connectivity index (χ3n) is 5.39. The summed E-state index contributed by atoms with van der Waals surface area (Å²) in [4.78, 5) is 15.5. The SMILES string of the molecule is CC.CCCN(C)c1ncc(-c2ccc(C3CCC(c4c(F)cccc4F)=N3)cc2)cn1. The van der Waals surface area contributed by atoms with Gasteiger partial charge in [-0.05, 0) is 42.5 Å². The molecule has 2 heterocycles. The molecule has 0 saturated heterocycles. The number of hydrogen-bond donors (Lipinski definition) is 0. The molecule has 0 aliphatic carbocycles. The molecule has 0 bridgehead atoms. The minimum absolute atomic E-state index is 0.00176. The highest BCUT2D eigenvalue weighted by Crippen LogP contribution is 2.33. The van der Waals surface area contributed by atoms with E-state index >= 15 is 0 Å². The topological polar surface area (TPSA) is 41.4 Å². The predicted molar refractivity (Wildman–Crippen MR) is 127 cm³/mol. The number of aromatic nitrogens is 2. The van der Waals surface area contributed by atoms with Gasteiger partial charge in [0.25, 0.3) is 0 Å². The van der Waals surface area contributed by atoms with E-state index in [4.69, 9.17) is 0 Å². The Kier molecular flexibility index (Phi) is 8.03. The summed E-state index contributed by atoms with van der Waals surface area (Å²) in [6.07, 6.45) is 6.00. The highest BCUT2D eigenvalue weighted by molar-refractivity contribution is 6.02. The van der Waals surface area contributed by atoms with Crippen LogP contribution < -0.4 is 4.90 Å². The van der Waals surface area contributed by atoms with E-state index in [1.54, 1.807) is 0 Å². The summed E-state index contributed by atoms with van der Waals surface area (Å²) in [7, 11) is 1.98. The van der Waals surface area contributed by atoms with Crippen LogP contribution in [0.5, 0.6) is 0 Å². The summed E-state index contributed by atoms with van der Waals surface area (Å²) in [6.45, 7) is 7.03. The molecule has 3 aromatic rings. The summed E-state index contributed by atoms with van der Waals surface area (Å²) in [6, 6.07) is 11.9. The van der Waals surface area contributed by atoms with Crippen molar-refractivity contribution < 1.29 is 8.78 Å². The molecule has 1 aromatic heterocycles. The molecule has 2 aromatic carbocycles. The number of nitrogens with zero attached hydrogens (tertiary/aromatic N) is 4.